The summed E-state index contributed by atoms with van der Waals surface area (Å²) in [6.07, 6.45) is 5.39. The minimum atomic E-state index is -0.376. The number of hydrogen-bond acceptors (Lipinski definition) is 3. The van der Waals surface area contributed by atoms with Gasteiger partial charge in [0.15, 0.2) is 0 Å². The molecule has 2 N–H and O–H groups in total. The second-order valence-electron chi connectivity index (χ2n) is 7.48. The van der Waals surface area contributed by atoms with Crippen molar-refractivity contribution in [3.05, 3.63) is 52.6 Å². The predicted molar refractivity (Wildman–Crippen MR) is 98.7 cm³/mol. The van der Waals surface area contributed by atoms with Crippen molar-refractivity contribution in [3.63, 3.8) is 0 Å². The second kappa shape index (κ2) is 5.55. The topological polar surface area (TPSA) is 71.2 Å². The Bertz CT molecular complexity index is 1030. The SMILES string of the molecule is CCOC(=O)c1c[nH]c2c1C1(CCC1)C/C2=C1/C(=O)Nc2ccc(F)cc21. The maximum absolute atomic E-state index is 13.8. The third kappa shape index (κ3) is 2.16. The number of aromatic amines is 1. The molecule has 1 aliphatic heterocycles. The maximum Gasteiger partial charge on any atom is 0.339 e. The average molecular weight is 366 g/mol. The number of hydrogen-bond donors (Lipinski definition) is 2. The molecule has 1 aromatic heterocycles. The number of amides is 1. The van der Waals surface area contributed by atoms with Gasteiger partial charge in [-0.1, -0.05) is 6.42 Å². The lowest BCUT2D eigenvalue weighted by molar-refractivity contribution is -0.110. The third-order valence-electron chi connectivity index (χ3n) is 6.06. The number of esters is 1. The fourth-order valence-electron chi connectivity index (χ4n) is 4.78. The number of aromatic nitrogens is 1. The number of fused-ring (bicyclic) bond motifs is 3. The molecule has 1 amide bonds. The quantitative estimate of drug-likeness (QED) is 0.623. The lowest BCUT2D eigenvalue weighted by atomic mass is 9.64. The Morgan fingerprint density at radius 3 is 2.85 bits per heavy atom. The molecule has 1 fully saturated rings. The van der Waals surface area contributed by atoms with Crippen LogP contribution in [0.1, 0.15) is 59.8 Å². The number of rotatable bonds is 2. The molecule has 0 atom stereocenters. The van der Waals surface area contributed by atoms with Gasteiger partial charge in [0, 0.05) is 28.6 Å². The second-order valence-corrected chi connectivity index (χ2v) is 7.48. The van der Waals surface area contributed by atoms with Crippen molar-refractivity contribution in [1.29, 1.82) is 0 Å². The monoisotopic (exact) mass is 366 g/mol. The molecule has 3 aliphatic rings. The van der Waals surface area contributed by atoms with E-state index in [1.54, 1.807) is 19.2 Å². The van der Waals surface area contributed by atoms with Crippen molar-refractivity contribution >= 4 is 28.7 Å². The van der Waals surface area contributed by atoms with Crippen LogP contribution in [0.5, 0.6) is 0 Å². The number of benzene rings is 1. The molecule has 0 radical (unpaired) electrons. The molecular formula is C21H19FN2O3. The first-order valence-electron chi connectivity index (χ1n) is 9.28. The molecule has 5 nitrogen and oxygen atoms in total. The average Bonchev–Trinajstić information content (AvgIpc) is 3.25. The number of carbonyl (C=O) groups excluding carboxylic acids is 2. The van der Waals surface area contributed by atoms with E-state index in [2.05, 4.69) is 10.3 Å². The lowest BCUT2D eigenvalue weighted by Crippen LogP contribution is -2.32. The summed E-state index contributed by atoms with van der Waals surface area (Å²) < 4.78 is 19.1. The molecule has 6 heteroatoms. The van der Waals surface area contributed by atoms with Crippen LogP contribution >= 0.6 is 0 Å². The van der Waals surface area contributed by atoms with Gasteiger partial charge in [-0.25, -0.2) is 9.18 Å². The van der Waals surface area contributed by atoms with E-state index in [-0.39, 0.29) is 23.1 Å². The summed E-state index contributed by atoms with van der Waals surface area (Å²) in [4.78, 5) is 28.4. The number of halogens is 1. The fourth-order valence-corrected chi connectivity index (χ4v) is 4.78. The van der Waals surface area contributed by atoms with Gasteiger partial charge in [0.1, 0.15) is 5.82 Å². The molecule has 5 rings (SSSR count). The Labute approximate surface area is 155 Å². The van der Waals surface area contributed by atoms with Gasteiger partial charge in [0.25, 0.3) is 5.91 Å². The zero-order valence-corrected chi connectivity index (χ0v) is 14.9. The summed E-state index contributed by atoms with van der Waals surface area (Å²) in [7, 11) is 0. The summed E-state index contributed by atoms with van der Waals surface area (Å²) in [6, 6.07) is 4.33. The molecule has 2 aliphatic carbocycles. The van der Waals surface area contributed by atoms with Crippen LogP contribution in [0.4, 0.5) is 10.1 Å². The number of anilines is 1. The van der Waals surface area contributed by atoms with E-state index in [1.165, 1.54) is 12.1 Å². The van der Waals surface area contributed by atoms with Crippen LogP contribution in [0.25, 0.3) is 11.1 Å². The van der Waals surface area contributed by atoms with E-state index in [0.717, 1.165) is 36.1 Å². The van der Waals surface area contributed by atoms with Crippen LogP contribution < -0.4 is 5.32 Å². The normalized spacial score (nSPS) is 21.6. The largest absolute Gasteiger partial charge is 0.462 e. The van der Waals surface area contributed by atoms with Crippen LogP contribution in [0, 0.1) is 5.82 Å². The first-order chi connectivity index (χ1) is 13.0. The molecule has 0 saturated heterocycles. The molecule has 0 bridgehead atoms. The van der Waals surface area contributed by atoms with Crippen molar-refractivity contribution < 1.29 is 18.7 Å². The van der Waals surface area contributed by atoms with Gasteiger partial charge in [0.05, 0.1) is 17.7 Å². The Morgan fingerprint density at radius 2 is 2.15 bits per heavy atom. The predicted octanol–water partition coefficient (Wildman–Crippen LogP) is 4.02. The minimum absolute atomic E-state index is 0.129. The highest BCUT2D eigenvalue weighted by Gasteiger charge is 2.50. The van der Waals surface area contributed by atoms with E-state index >= 15 is 0 Å². The Morgan fingerprint density at radius 1 is 1.33 bits per heavy atom. The highest BCUT2D eigenvalue weighted by Crippen LogP contribution is 2.59. The van der Waals surface area contributed by atoms with Crippen LogP contribution in [0.2, 0.25) is 0 Å². The molecule has 1 spiro atoms. The van der Waals surface area contributed by atoms with E-state index in [4.69, 9.17) is 4.74 Å². The number of allylic oxidation sites excluding steroid dienone is 1. The van der Waals surface area contributed by atoms with Crippen LogP contribution in [-0.2, 0) is 14.9 Å². The van der Waals surface area contributed by atoms with Gasteiger partial charge in [-0.2, -0.15) is 0 Å². The van der Waals surface area contributed by atoms with Gasteiger partial charge < -0.3 is 15.0 Å². The molecule has 2 aromatic rings. The Hall–Kier alpha value is -2.89. The first-order valence-corrected chi connectivity index (χ1v) is 9.28. The van der Waals surface area contributed by atoms with Crippen molar-refractivity contribution in [3.8, 4) is 0 Å². The van der Waals surface area contributed by atoms with Gasteiger partial charge in [-0.05, 0) is 55.5 Å². The van der Waals surface area contributed by atoms with Crippen LogP contribution in [0.15, 0.2) is 24.4 Å². The summed E-state index contributed by atoms with van der Waals surface area (Å²) in [5.41, 5.74) is 4.79. The highest BCUT2D eigenvalue weighted by atomic mass is 19.1. The summed E-state index contributed by atoms with van der Waals surface area (Å²) >= 11 is 0. The van der Waals surface area contributed by atoms with Gasteiger partial charge in [-0.3, -0.25) is 4.79 Å². The summed E-state index contributed by atoms with van der Waals surface area (Å²) in [5.74, 6) is -0.936. The van der Waals surface area contributed by atoms with Crippen molar-refractivity contribution in [2.24, 2.45) is 0 Å². The number of carbonyl (C=O) groups is 2. The van der Waals surface area contributed by atoms with Crippen LogP contribution in [-0.4, -0.2) is 23.5 Å². The Balaban J connectivity index is 1.72. The zero-order valence-electron chi connectivity index (χ0n) is 14.9. The zero-order chi connectivity index (χ0) is 18.8. The number of nitrogens with one attached hydrogen (secondary N) is 2. The molecular weight excluding hydrogens is 347 g/mol. The van der Waals surface area contributed by atoms with Gasteiger partial charge in [-0.15, -0.1) is 0 Å². The van der Waals surface area contributed by atoms with Crippen molar-refractivity contribution in [1.82, 2.24) is 4.98 Å². The molecule has 0 unspecified atom stereocenters. The number of H-pyrrole nitrogens is 1. The Kier molecular flexibility index (Phi) is 3.35. The molecule has 1 aromatic carbocycles. The minimum Gasteiger partial charge on any atom is -0.462 e. The highest BCUT2D eigenvalue weighted by molar-refractivity contribution is 6.37. The van der Waals surface area contributed by atoms with Crippen LogP contribution in [0.3, 0.4) is 0 Å². The standard InChI is InChI=1S/C21H19FN2O3/c1-2-27-20(26)14-10-23-18-13(9-21(17(14)18)6-3-7-21)16-12-8-11(22)4-5-15(12)24-19(16)25/h4-5,8,10,23H,2-3,6-7,9H2,1H3,(H,24,25)/b16-13-. The van der Waals surface area contributed by atoms with E-state index in [9.17, 15) is 14.0 Å². The van der Waals surface area contributed by atoms with E-state index in [0.29, 0.717) is 35.4 Å². The van der Waals surface area contributed by atoms with Gasteiger partial charge in [0.2, 0.25) is 0 Å². The smallest absolute Gasteiger partial charge is 0.339 e. The molecule has 138 valence electrons. The molecule has 2 heterocycles. The number of ether oxygens (including phenoxy) is 1. The van der Waals surface area contributed by atoms with Crippen molar-refractivity contribution in [2.45, 2.75) is 38.0 Å². The lowest BCUT2D eigenvalue weighted by Gasteiger charge is -2.39. The summed E-state index contributed by atoms with van der Waals surface area (Å²) in [6.45, 7) is 2.10. The maximum atomic E-state index is 13.8. The third-order valence-corrected chi connectivity index (χ3v) is 6.06. The van der Waals surface area contributed by atoms with E-state index < -0.39 is 0 Å². The van der Waals surface area contributed by atoms with Crippen molar-refractivity contribution in [2.75, 3.05) is 11.9 Å². The molecule has 27 heavy (non-hydrogen) atoms. The summed E-state index contributed by atoms with van der Waals surface area (Å²) in [5, 5.41) is 2.83. The fraction of sp³-hybridized carbons (Fsp3) is 0.333. The van der Waals surface area contributed by atoms with Gasteiger partial charge >= 0.3 is 5.97 Å². The molecule has 1 saturated carbocycles. The first kappa shape index (κ1) is 16.3. The van der Waals surface area contributed by atoms with E-state index in [1.807, 2.05) is 0 Å².